The van der Waals surface area contributed by atoms with Crippen molar-refractivity contribution in [2.75, 3.05) is 4.90 Å². The number of fused-ring (bicyclic) bond motifs is 2. The summed E-state index contributed by atoms with van der Waals surface area (Å²) in [6, 6.07) is 67.7. The number of nitrogens with zero attached hydrogens (tertiary/aromatic N) is 1. The maximum absolute atomic E-state index is 3.36. The summed E-state index contributed by atoms with van der Waals surface area (Å²) in [6.45, 7) is 9.25. The van der Waals surface area contributed by atoms with Crippen molar-refractivity contribution < 1.29 is 0 Å². The first-order valence-electron chi connectivity index (χ1n) is 17.9. The van der Waals surface area contributed by atoms with E-state index < -0.39 is 0 Å². The molecule has 254 valence electrons. The average Bonchev–Trinajstić information content (AvgIpc) is 3.22. The maximum Gasteiger partial charge on any atom is 0.0462 e. The first kappa shape index (κ1) is 35.4. The van der Waals surface area contributed by atoms with Crippen molar-refractivity contribution in [2.24, 2.45) is 0 Å². The summed E-state index contributed by atoms with van der Waals surface area (Å²) in [5.41, 5.74) is 10.6. The molecule has 0 aromatic heterocycles. The molecule has 0 heterocycles. The summed E-state index contributed by atoms with van der Waals surface area (Å²) < 4.78 is 0. The average molecular weight is 672 g/mol. The molecule has 0 aliphatic carbocycles. The van der Waals surface area contributed by atoms with Crippen LogP contribution in [0.5, 0.6) is 0 Å². The van der Waals surface area contributed by atoms with Crippen molar-refractivity contribution in [3.8, 4) is 33.4 Å². The van der Waals surface area contributed by atoms with E-state index >= 15 is 0 Å². The Kier molecular flexibility index (Phi) is 11.9. The molecule has 0 radical (unpaired) electrons. The standard InChI is InChI=1S/C44H31N.C4H8.C3H6/c1-2-8-32(9-3-1)35-18-24-42(25-19-35)45(43-26-20-36(21-27-43)40-16-14-33-10-4-6-12-38(33)30-40)44-28-22-37(23-29-44)41-17-15-34-11-5-7-13-39(34)31-41;1-3-4-2;1-3-2/h1-31H;3-4H,1-2H3;3H,1H2,2H3/b;4-3+;. The second kappa shape index (κ2) is 17.5. The van der Waals surface area contributed by atoms with E-state index in [9.17, 15) is 0 Å². The number of anilines is 3. The maximum atomic E-state index is 3.36. The lowest BCUT2D eigenvalue weighted by atomic mass is 10.00. The lowest BCUT2D eigenvalue weighted by Crippen LogP contribution is -2.09. The van der Waals surface area contributed by atoms with Crippen LogP contribution in [0.3, 0.4) is 0 Å². The normalized spacial score (nSPS) is 10.6. The van der Waals surface area contributed by atoms with Crippen molar-refractivity contribution >= 4 is 38.6 Å². The third-order valence-corrected chi connectivity index (χ3v) is 8.98. The van der Waals surface area contributed by atoms with Gasteiger partial charge in [-0.25, -0.2) is 0 Å². The van der Waals surface area contributed by atoms with Gasteiger partial charge in [0.05, 0.1) is 0 Å². The van der Waals surface area contributed by atoms with E-state index in [1.54, 1.807) is 6.08 Å². The van der Waals surface area contributed by atoms with Gasteiger partial charge in [-0.1, -0.05) is 158 Å². The van der Waals surface area contributed by atoms with Gasteiger partial charge in [0.25, 0.3) is 0 Å². The van der Waals surface area contributed by atoms with E-state index in [2.05, 4.69) is 200 Å². The summed E-state index contributed by atoms with van der Waals surface area (Å²) in [6.07, 6.45) is 5.75. The molecule has 8 aromatic carbocycles. The summed E-state index contributed by atoms with van der Waals surface area (Å²) in [4.78, 5) is 2.34. The van der Waals surface area contributed by atoms with Crippen LogP contribution >= 0.6 is 0 Å². The van der Waals surface area contributed by atoms with E-state index in [1.165, 1.54) is 54.9 Å². The highest BCUT2D eigenvalue weighted by molar-refractivity contribution is 5.89. The molecule has 0 aliphatic rings. The van der Waals surface area contributed by atoms with Gasteiger partial charge in [0.1, 0.15) is 0 Å². The Balaban J connectivity index is 0.000000613. The van der Waals surface area contributed by atoms with E-state index in [1.807, 2.05) is 32.9 Å². The van der Waals surface area contributed by atoms with Crippen LogP contribution in [-0.4, -0.2) is 0 Å². The fraction of sp³-hybridized carbons (Fsp3) is 0.0588. The van der Waals surface area contributed by atoms with E-state index in [0.717, 1.165) is 17.1 Å². The predicted octanol–water partition coefficient (Wildman–Crippen LogP) is 15.2. The van der Waals surface area contributed by atoms with Crippen LogP contribution in [0, 0.1) is 0 Å². The van der Waals surface area contributed by atoms with Crippen LogP contribution in [0.25, 0.3) is 54.9 Å². The van der Waals surface area contributed by atoms with Gasteiger partial charge >= 0.3 is 0 Å². The molecule has 0 saturated heterocycles. The third kappa shape index (κ3) is 8.46. The first-order chi connectivity index (χ1) is 25.6. The summed E-state index contributed by atoms with van der Waals surface area (Å²) in [7, 11) is 0. The largest absolute Gasteiger partial charge is 0.311 e. The topological polar surface area (TPSA) is 3.24 Å². The van der Waals surface area contributed by atoms with E-state index in [0.29, 0.717) is 0 Å². The van der Waals surface area contributed by atoms with Crippen molar-refractivity contribution in [2.45, 2.75) is 20.8 Å². The molecule has 0 aliphatic heterocycles. The molecule has 8 aromatic rings. The Labute approximate surface area is 309 Å². The van der Waals surface area contributed by atoms with Crippen LogP contribution in [0.2, 0.25) is 0 Å². The zero-order chi connectivity index (χ0) is 36.1. The Morgan fingerprint density at radius 1 is 0.327 bits per heavy atom. The second-order valence-electron chi connectivity index (χ2n) is 12.5. The van der Waals surface area contributed by atoms with Crippen LogP contribution < -0.4 is 4.90 Å². The molecular weight excluding hydrogens is 627 g/mol. The SMILES string of the molecule is C/C=C/C.C=CC.c1ccc(-c2ccc(N(c3ccc(-c4ccc5ccccc5c4)cc3)c3ccc(-c4ccc5ccccc5c4)cc3)cc2)cc1. The molecule has 0 fully saturated rings. The van der Waals surface area contributed by atoms with Crippen molar-refractivity contribution in [1.29, 1.82) is 0 Å². The van der Waals surface area contributed by atoms with Crippen molar-refractivity contribution in [1.82, 2.24) is 0 Å². The minimum Gasteiger partial charge on any atom is -0.311 e. The Hall–Kier alpha value is -6.44. The molecule has 0 spiro atoms. The minimum atomic E-state index is 1.12. The Bertz CT molecular complexity index is 2240. The molecule has 0 N–H and O–H groups in total. The van der Waals surface area contributed by atoms with Gasteiger partial charge in [0.15, 0.2) is 0 Å². The lowest BCUT2D eigenvalue weighted by Gasteiger charge is -2.26. The summed E-state index contributed by atoms with van der Waals surface area (Å²) >= 11 is 0. The van der Waals surface area contributed by atoms with Crippen molar-refractivity contribution in [3.63, 3.8) is 0 Å². The predicted molar refractivity (Wildman–Crippen MR) is 229 cm³/mol. The van der Waals surface area contributed by atoms with Crippen LogP contribution in [-0.2, 0) is 0 Å². The molecule has 1 nitrogen and oxygen atoms in total. The van der Waals surface area contributed by atoms with Gasteiger partial charge in [-0.05, 0) is 124 Å². The number of hydrogen-bond donors (Lipinski definition) is 0. The highest BCUT2D eigenvalue weighted by Crippen LogP contribution is 2.38. The first-order valence-corrected chi connectivity index (χ1v) is 17.9. The minimum absolute atomic E-state index is 1.12. The molecule has 52 heavy (non-hydrogen) atoms. The van der Waals surface area contributed by atoms with E-state index in [-0.39, 0.29) is 0 Å². The van der Waals surface area contributed by atoms with Gasteiger partial charge in [-0.3, -0.25) is 0 Å². The van der Waals surface area contributed by atoms with Gasteiger partial charge in [0, 0.05) is 17.1 Å². The molecule has 0 bridgehead atoms. The van der Waals surface area contributed by atoms with Crippen molar-refractivity contribution in [3.05, 3.63) is 213 Å². The molecule has 8 rings (SSSR count). The van der Waals surface area contributed by atoms with Crippen LogP contribution in [0.1, 0.15) is 20.8 Å². The molecule has 0 atom stereocenters. The molecular formula is C51H45N. The highest BCUT2D eigenvalue weighted by Gasteiger charge is 2.14. The van der Waals surface area contributed by atoms with Gasteiger partial charge < -0.3 is 4.90 Å². The number of benzene rings is 8. The summed E-state index contributed by atoms with van der Waals surface area (Å²) in [5.74, 6) is 0. The second-order valence-corrected chi connectivity index (χ2v) is 12.5. The Morgan fingerprint density at radius 3 is 0.981 bits per heavy atom. The molecule has 1 heteroatoms. The lowest BCUT2D eigenvalue weighted by molar-refractivity contribution is 1.28. The number of hydrogen-bond acceptors (Lipinski definition) is 1. The Morgan fingerprint density at radius 2 is 0.615 bits per heavy atom. The van der Waals surface area contributed by atoms with E-state index in [4.69, 9.17) is 0 Å². The molecule has 0 unspecified atom stereocenters. The zero-order valence-corrected chi connectivity index (χ0v) is 30.3. The zero-order valence-electron chi connectivity index (χ0n) is 30.3. The number of rotatable bonds is 6. The monoisotopic (exact) mass is 671 g/mol. The van der Waals surface area contributed by atoms with Gasteiger partial charge in [-0.2, -0.15) is 0 Å². The van der Waals surface area contributed by atoms with Gasteiger partial charge in [0.2, 0.25) is 0 Å². The summed E-state index contributed by atoms with van der Waals surface area (Å²) in [5, 5.41) is 5.03. The smallest absolute Gasteiger partial charge is 0.0462 e. The van der Waals surface area contributed by atoms with Crippen LogP contribution in [0.15, 0.2) is 213 Å². The fourth-order valence-corrected chi connectivity index (χ4v) is 6.22. The number of allylic oxidation sites excluding steroid dienone is 3. The highest BCUT2D eigenvalue weighted by atomic mass is 15.1. The fourth-order valence-electron chi connectivity index (χ4n) is 6.22. The van der Waals surface area contributed by atoms with Crippen LogP contribution in [0.4, 0.5) is 17.1 Å². The van der Waals surface area contributed by atoms with Gasteiger partial charge in [-0.15, -0.1) is 6.58 Å². The third-order valence-electron chi connectivity index (χ3n) is 8.98. The molecule has 0 saturated carbocycles. The quantitative estimate of drug-likeness (QED) is 0.159. The molecule has 0 amide bonds.